The van der Waals surface area contributed by atoms with E-state index in [9.17, 15) is 0 Å². The summed E-state index contributed by atoms with van der Waals surface area (Å²) >= 11 is 1.53. The number of hydrogen-bond acceptors (Lipinski definition) is 6. The molecule has 0 atom stereocenters. The molecule has 0 saturated carbocycles. The maximum Gasteiger partial charge on any atom is 0.191 e. The van der Waals surface area contributed by atoms with Crippen molar-refractivity contribution < 1.29 is 4.74 Å². The molecule has 0 aliphatic heterocycles. The molecule has 0 radical (unpaired) electrons. The van der Waals surface area contributed by atoms with E-state index in [1.807, 2.05) is 29.3 Å². The maximum atomic E-state index is 5.32. The SMILES string of the molecule is COc1cccc(CCn2ncc3c(NCc4ccc(C)cc4)nc(SC)nc32)c1. The number of nitrogens with zero attached hydrogens (tertiary/aromatic N) is 4. The van der Waals surface area contributed by atoms with Gasteiger partial charge >= 0.3 is 0 Å². The molecule has 2 heterocycles. The lowest BCUT2D eigenvalue weighted by Crippen LogP contribution is -2.07. The number of ether oxygens (including phenoxy) is 1. The Morgan fingerprint density at radius 3 is 2.67 bits per heavy atom. The summed E-state index contributed by atoms with van der Waals surface area (Å²) in [5, 5.41) is 9.72. The fraction of sp³-hybridized carbons (Fsp3) is 0.261. The number of benzene rings is 2. The Labute approximate surface area is 180 Å². The Bertz CT molecular complexity index is 1140. The van der Waals surface area contributed by atoms with E-state index < -0.39 is 0 Å². The summed E-state index contributed by atoms with van der Waals surface area (Å²) in [4.78, 5) is 9.39. The van der Waals surface area contributed by atoms with Crippen LogP contribution in [0, 0.1) is 6.92 Å². The topological polar surface area (TPSA) is 64.9 Å². The molecule has 0 aliphatic rings. The molecule has 0 aliphatic carbocycles. The van der Waals surface area contributed by atoms with Crippen molar-refractivity contribution in [3.05, 3.63) is 71.4 Å². The minimum Gasteiger partial charge on any atom is -0.497 e. The van der Waals surface area contributed by atoms with Crippen molar-refractivity contribution in [1.82, 2.24) is 19.7 Å². The third-order valence-electron chi connectivity index (χ3n) is 4.99. The zero-order valence-electron chi connectivity index (χ0n) is 17.4. The number of aromatic nitrogens is 4. The van der Waals surface area contributed by atoms with Crippen LogP contribution in [-0.2, 0) is 19.5 Å². The van der Waals surface area contributed by atoms with Crippen LogP contribution in [0.5, 0.6) is 5.75 Å². The Balaban J connectivity index is 1.56. The van der Waals surface area contributed by atoms with Gasteiger partial charge in [0.2, 0.25) is 0 Å². The molecule has 30 heavy (non-hydrogen) atoms. The van der Waals surface area contributed by atoms with Crippen LogP contribution in [0.1, 0.15) is 16.7 Å². The molecular weight excluding hydrogens is 394 g/mol. The minimum absolute atomic E-state index is 0.704. The molecule has 4 rings (SSSR count). The molecule has 0 saturated heterocycles. The number of thioether (sulfide) groups is 1. The molecule has 0 bridgehead atoms. The van der Waals surface area contributed by atoms with Gasteiger partial charge in [0.05, 0.1) is 18.7 Å². The van der Waals surface area contributed by atoms with Gasteiger partial charge < -0.3 is 10.1 Å². The fourth-order valence-corrected chi connectivity index (χ4v) is 3.64. The smallest absolute Gasteiger partial charge is 0.191 e. The third kappa shape index (κ3) is 4.57. The first kappa shape index (κ1) is 20.2. The minimum atomic E-state index is 0.704. The van der Waals surface area contributed by atoms with Crippen LogP contribution < -0.4 is 10.1 Å². The molecule has 154 valence electrons. The van der Waals surface area contributed by atoms with Gasteiger partial charge in [0.1, 0.15) is 11.6 Å². The lowest BCUT2D eigenvalue weighted by atomic mass is 10.1. The lowest BCUT2D eigenvalue weighted by molar-refractivity contribution is 0.414. The fourth-order valence-electron chi connectivity index (χ4n) is 3.28. The van der Waals surface area contributed by atoms with E-state index in [4.69, 9.17) is 9.72 Å². The average Bonchev–Trinajstić information content (AvgIpc) is 3.20. The van der Waals surface area contributed by atoms with Crippen molar-refractivity contribution in [2.75, 3.05) is 18.7 Å². The molecule has 6 nitrogen and oxygen atoms in total. The number of fused-ring (bicyclic) bond motifs is 1. The van der Waals surface area contributed by atoms with Crippen LogP contribution in [0.25, 0.3) is 11.0 Å². The molecule has 0 amide bonds. The summed E-state index contributed by atoms with van der Waals surface area (Å²) in [7, 11) is 1.69. The number of rotatable bonds is 8. The zero-order chi connectivity index (χ0) is 20.9. The predicted molar refractivity (Wildman–Crippen MR) is 122 cm³/mol. The second-order valence-electron chi connectivity index (χ2n) is 7.10. The maximum absolute atomic E-state index is 5.32. The van der Waals surface area contributed by atoms with E-state index in [2.05, 4.69) is 58.7 Å². The van der Waals surface area contributed by atoms with Gasteiger partial charge in [-0.1, -0.05) is 53.7 Å². The van der Waals surface area contributed by atoms with Gasteiger partial charge in [0, 0.05) is 13.1 Å². The van der Waals surface area contributed by atoms with Gasteiger partial charge in [0.15, 0.2) is 10.8 Å². The van der Waals surface area contributed by atoms with Crippen LogP contribution in [0.3, 0.4) is 0 Å². The Hall–Kier alpha value is -3.06. The quantitative estimate of drug-likeness (QED) is 0.329. The molecule has 0 spiro atoms. The second-order valence-corrected chi connectivity index (χ2v) is 7.88. The summed E-state index contributed by atoms with van der Waals surface area (Å²) < 4.78 is 7.28. The van der Waals surface area contributed by atoms with E-state index >= 15 is 0 Å². The highest BCUT2D eigenvalue weighted by Crippen LogP contribution is 2.24. The van der Waals surface area contributed by atoms with E-state index in [1.165, 1.54) is 28.5 Å². The average molecular weight is 420 g/mol. The normalized spacial score (nSPS) is 11.0. The highest BCUT2D eigenvalue weighted by atomic mass is 32.2. The van der Waals surface area contributed by atoms with E-state index in [0.29, 0.717) is 6.54 Å². The molecule has 1 N–H and O–H groups in total. The van der Waals surface area contributed by atoms with Crippen LogP contribution in [-0.4, -0.2) is 33.1 Å². The van der Waals surface area contributed by atoms with E-state index in [1.54, 1.807) is 7.11 Å². The lowest BCUT2D eigenvalue weighted by Gasteiger charge is -2.10. The van der Waals surface area contributed by atoms with E-state index in [0.717, 1.165) is 40.7 Å². The molecule has 7 heteroatoms. The predicted octanol–water partition coefficient (Wildman–Crippen LogP) is 4.72. The second kappa shape index (κ2) is 9.17. The summed E-state index contributed by atoms with van der Waals surface area (Å²) in [5.41, 5.74) is 4.52. The Morgan fingerprint density at radius 2 is 1.90 bits per heavy atom. The van der Waals surface area contributed by atoms with Gasteiger partial charge in [-0.15, -0.1) is 0 Å². The largest absolute Gasteiger partial charge is 0.497 e. The molecule has 0 unspecified atom stereocenters. The molecule has 2 aromatic heterocycles. The first-order valence-corrected chi connectivity index (χ1v) is 11.1. The van der Waals surface area contributed by atoms with Crippen molar-refractivity contribution in [3.63, 3.8) is 0 Å². The van der Waals surface area contributed by atoms with Crippen molar-refractivity contribution in [2.45, 2.75) is 31.6 Å². The first-order valence-electron chi connectivity index (χ1n) is 9.86. The zero-order valence-corrected chi connectivity index (χ0v) is 18.2. The van der Waals surface area contributed by atoms with Crippen LogP contribution in [0.4, 0.5) is 5.82 Å². The summed E-state index contributed by atoms with van der Waals surface area (Å²) in [5.74, 6) is 1.69. The summed E-state index contributed by atoms with van der Waals surface area (Å²) in [6, 6.07) is 16.6. The highest BCUT2D eigenvalue weighted by Gasteiger charge is 2.13. The van der Waals surface area contributed by atoms with Crippen LogP contribution in [0.15, 0.2) is 59.9 Å². The Kier molecular flexibility index (Phi) is 6.18. The van der Waals surface area contributed by atoms with Gasteiger partial charge in [-0.2, -0.15) is 5.10 Å². The summed E-state index contributed by atoms with van der Waals surface area (Å²) in [6.45, 7) is 3.53. The third-order valence-corrected chi connectivity index (χ3v) is 5.53. The van der Waals surface area contributed by atoms with Crippen LogP contribution >= 0.6 is 11.8 Å². The van der Waals surface area contributed by atoms with Gasteiger partial charge in [-0.3, -0.25) is 0 Å². The number of hydrogen-bond donors (Lipinski definition) is 1. The van der Waals surface area contributed by atoms with Crippen LogP contribution in [0.2, 0.25) is 0 Å². The number of anilines is 1. The van der Waals surface area contributed by atoms with Gasteiger partial charge in [0.25, 0.3) is 0 Å². The van der Waals surface area contributed by atoms with E-state index in [-0.39, 0.29) is 0 Å². The molecule has 2 aromatic carbocycles. The Morgan fingerprint density at radius 1 is 1.07 bits per heavy atom. The number of nitrogens with one attached hydrogen (secondary N) is 1. The molecular formula is C23H25N5OS. The monoisotopic (exact) mass is 419 g/mol. The number of methoxy groups -OCH3 is 1. The standard InChI is InChI=1S/C23H25N5OS/c1-16-7-9-18(10-8-16)14-24-21-20-15-25-28(22(20)27-23(26-21)30-3)12-11-17-5-4-6-19(13-17)29-2/h4-10,13,15H,11-12,14H2,1-3H3,(H,24,26,27). The van der Waals surface area contributed by atoms with Crippen molar-refractivity contribution in [1.29, 1.82) is 0 Å². The molecule has 4 aromatic rings. The summed E-state index contributed by atoms with van der Waals surface area (Å²) in [6.07, 6.45) is 4.68. The van der Waals surface area contributed by atoms with Crippen molar-refractivity contribution in [3.8, 4) is 5.75 Å². The van der Waals surface area contributed by atoms with Gasteiger partial charge in [-0.25, -0.2) is 14.6 Å². The van der Waals surface area contributed by atoms with Crippen molar-refractivity contribution >= 4 is 28.6 Å². The van der Waals surface area contributed by atoms with Crippen molar-refractivity contribution in [2.24, 2.45) is 0 Å². The van der Waals surface area contributed by atoms with Gasteiger partial charge in [-0.05, 0) is 42.9 Å². The number of aryl methyl sites for hydroxylation is 3. The first-order chi connectivity index (χ1) is 14.7. The molecule has 0 fully saturated rings. The highest BCUT2D eigenvalue weighted by molar-refractivity contribution is 7.98.